The van der Waals surface area contributed by atoms with Gasteiger partial charge in [-0.25, -0.2) is 13.6 Å². The predicted molar refractivity (Wildman–Crippen MR) is 102 cm³/mol. The van der Waals surface area contributed by atoms with Crippen molar-refractivity contribution >= 4 is 10.0 Å². The highest BCUT2D eigenvalue weighted by molar-refractivity contribution is 7.89. The van der Waals surface area contributed by atoms with Gasteiger partial charge < -0.3 is 4.90 Å². The number of rotatable bonds is 4. The average Bonchev–Trinajstić information content (AvgIpc) is 2.76. The van der Waals surface area contributed by atoms with Crippen molar-refractivity contribution in [2.75, 3.05) is 19.6 Å². The normalized spacial score (nSPS) is 15.6. The predicted octanol–water partition coefficient (Wildman–Crippen LogP) is 3.12. The lowest BCUT2D eigenvalue weighted by Gasteiger charge is -2.18. The first-order valence-corrected chi connectivity index (χ1v) is 10.4. The fraction of sp³-hybridized carbons (Fsp3) is 0.400. The van der Waals surface area contributed by atoms with E-state index in [0.717, 1.165) is 43.6 Å². The van der Waals surface area contributed by atoms with Gasteiger partial charge in [0.05, 0.1) is 4.90 Å². The van der Waals surface area contributed by atoms with Crippen LogP contribution in [0.4, 0.5) is 0 Å². The first-order chi connectivity index (χ1) is 11.9. The summed E-state index contributed by atoms with van der Waals surface area (Å²) in [4.78, 5) is 2.70. The standard InChI is InChI=1S/C20H26N2O2S/c1-3-10-22-11-8-16-5-6-18(14-17(16)9-12-22)19-13-15(2)4-7-20(19)25(21,23)24/h4-7,13-14H,3,8-12H2,1-2H3,(H2,21,23,24). The van der Waals surface area contributed by atoms with Crippen molar-refractivity contribution in [3.8, 4) is 11.1 Å². The molecule has 0 atom stereocenters. The van der Waals surface area contributed by atoms with E-state index in [-0.39, 0.29) is 4.90 Å². The van der Waals surface area contributed by atoms with Gasteiger partial charge in [0, 0.05) is 18.7 Å². The van der Waals surface area contributed by atoms with E-state index in [2.05, 4.69) is 24.0 Å². The molecule has 5 heteroatoms. The highest BCUT2D eigenvalue weighted by Gasteiger charge is 2.18. The van der Waals surface area contributed by atoms with E-state index in [4.69, 9.17) is 5.14 Å². The van der Waals surface area contributed by atoms with Crippen molar-refractivity contribution in [2.45, 2.75) is 38.0 Å². The number of fused-ring (bicyclic) bond motifs is 1. The van der Waals surface area contributed by atoms with Crippen LogP contribution in [0.25, 0.3) is 11.1 Å². The third kappa shape index (κ3) is 4.11. The number of benzene rings is 2. The minimum absolute atomic E-state index is 0.194. The Morgan fingerprint density at radius 2 is 1.76 bits per heavy atom. The van der Waals surface area contributed by atoms with Crippen molar-refractivity contribution in [1.29, 1.82) is 0 Å². The van der Waals surface area contributed by atoms with Crippen LogP contribution in [0.5, 0.6) is 0 Å². The molecule has 0 fully saturated rings. The van der Waals surface area contributed by atoms with Crippen LogP contribution in [0.1, 0.15) is 30.0 Å². The number of sulfonamides is 1. The fourth-order valence-electron chi connectivity index (χ4n) is 3.60. The number of primary sulfonamides is 1. The molecule has 0 radical (unpaired) electrons. The highest BCUT2D eigenvalue weighted by atomic mass is 32.2. The summed E-state index contributed by atoms with van der Waals surface area (Å²) >= 11 is 0. The van der Waals surface area contributed by atoms with Gasteiger partial charge >= 0.3 is 0 Å². The molecule has 2 N–H and O–H groups in total. The highest BCUT2D eigenvalue weighted by Crippen LogP contribution is 2.30. The van der Waals surface area contributed by atoms with Crippen LogP contribution in [0, 0.1) is 6.92 Å². The summed E-state index contributed by atoms with van der Waals surface area (Å²) in [6.07, 6.45) is 3.22. The van der Waals surface area contributed by atoms with E-state index in [9.17, 15) is 8.42 Å². The molecule has 0 unspecified atom stereocenters. The smallest absolute Gasteiger partial charge is 0.238 e. The minimum atomic E-state index is -3.75. The maximum absolute atomic E-state index is 12.0. The molecule has 0 saturated carbocycles. The maximum atomic E-state index is 12.0. The van der Waals surface area contributed by atoms with Gasteiger partial charge in [-0.2, -0.15) is 0 Å². The molecule has 25 heavy (non-hydrogen) atoms. The van der Waals surface area contributed by atoms with Crippen LogP contribution in [0.15, 0.2) is 41.3 Å². The molecular formula is C20H26N2O2S. The third-order valence-corrected chi connectivity index (χ3v) is 5.86. The van der Waals surface area contributed by atoms with Gasteiger partial charge in [0.1, 0.15) is 0 Å². The van der Waals surface area contributed by atoms with Gasteiger partial charge in [-0.1, -0.05) is 42.8 Å². The van der Waals surface area contributed by atoms with Crippen LogP contribution in [-0.4, -0.2) is 33.0 Å². The van der Waals surface area contributed by atoms with E-state index in [1.54, 1.807) is 12.1 Å². The van der Waals surface area contributed by atoms with Crippen molar-refractivity contribution in [3.05, 3.63) is 53.1 Å². The van der Waals surface area contributed by atoms with Gasteiger partial charge in [-0.05, 0) is 55.5 Å². The van der Waals surface area contributed by atoms with Crippen LogP contribution in [-0.2, 0) is 22.9 Å². The Balaban J connectivity index is 2.01. The number of nitrogens with zero attached hydrogens (tertiary/aromatic N) is 1. The Hall–Kier alpha value is -1.69. The van der Waals surface area contributed by atoms with Crippen LogP contribution in [0.3, 0.4) is 0 Å². The zero-order valence-electron chi connectivity index (χ0n) is 15.0. The van der Waals surface area contributed by atoms with Gasteiger partial charge in [0.15, 0.2) is 0 Å². The SMILES string of the molecule is CCCN1CCc2ccc(-c3cc(C)ccc3S(N)(=O)=O)cc2CC1. The van der Waals surface area contributed by atoms with Crippen molar-refractivity contribution in [3.63, 3.8) is 0 Å². The summed E-state index contributed by atoms with van der Waals surface area (Å²) < 4.78 is 23.9. The van der Waals surface area contributed by atoms with Gasteiger partial charge in [-0.15, -0.1) is 0 Å². The first-order valence-electron chi connectivity index (χ1n) is 8.86. The first kappa shape index (κ1) is 18.1. The molecule has 1 aliphatic rings. The van der Waals surface area contributed by atoms with E-state index in [0.29, 0.717) is 5.56 Å². The number of nitrogens with two attached hydrogens (primary N) is 1. The summed E-state index contributed by atoms with van der Waals surface area (Å²) in [6, 6.07) is 11.6. The third-order valence-electron chi connectivity index (χ3n) is 4.89. The van der Waals surface area contributed by atoms with E-state index in [1.807, 2.05) is 19.1 Å². The van der Waals surface area contributed by atoms with E-state index in [1.165, 1.54) is 17.5 Å². The van der Waals surface area contributed by atoms with E-state index < -0.39 is 10.0 Å². The van der Waals surface area contributed by atoms with Crippen molar-refractivity contribution in [2.24, 2.45) is 5.14 Å². The molecule has 0 bridgehead atoms. The summed E-state index contributed by atoms with van der Waals surface area (Å²) in [5.41, 5.74) is 5.33. The largest absolute Gasteiger partial charge is 0.303 e. The maximum Gasteiger partial charge on any atom is 0.238 e. The minimum Gasteiger partial charge on any atom is -0.303 e. The summed E-state index contributed by atoms with van der Waals surface area (Å²) in [6.45, 7) is 7.45. The lowest BCUT2D eigenvalue weighted by Crippen LogP contribution is -2.27. The molecule has 4 nitrogen and oxygen atoms in total. The molecule has 0 aromatic heterocycles. The number of hydrogen-bond acceptors (Lipinski definition) is 3. The summed E-state index contributed by atoms with van der Waals surface area (Å²) in [7, 11) is -3.75. The Labute approximate surface area is 150 Å². The monoisotopic (exact) mass is 358 g/mol. The van der Waals surface area contributed by atoms with Crippen molar-refractivity contribution in [1.82, 2.24) is 4.90 Å². The molecule has 1 heterocycles. The van der Waals surface area contributed by atoms with Gasteiger partial charge in [0.2, 0.25) is 10.0 Å². The molecule has 0 spiro atoms. The Bertz CT molecular complexity index is 875. The topological polar surface area (TPSA) is 63.4 Å². The average molecular weight is 359 g/mol. The van der Waals surface area contributed by atoms with Gasteiger partial charge in [-0.3, -0.25) is 0 Å². The fourth-order valence-corrected chi connectivity index (χ4v) is 4.34. The summed E-state index contributed by atoms with van der Waals surface area (Å²) in [5, 5.41) is 5.42. The lowest BCUT2D eigenvalue weighted by molar-refractivity contribution is 0.288. The van der Waals surface area contributed by atoms with Gasteiger partial charge in [0.25, 0.3) is 0 Å². The Morgan fingerprint density at radius 1 is 1.04 bits per heavy atom. The van der Waals surface area contributed by atoms with Crippen LogP contribution < -0.4 is 5.14 Å². The number of aryl methyl sites for hydroxylation is 1. The zero-order valence-corrected chi connectivity index (χ0v) is 15.8. The number of hydrogen-bond donors (Lipinski definition) is 1. The van der Waals surface area contributed by atoms with Crippen LogP contribution in [0.2, 0.25) is 0 Å². The van der Waals surface area contributed by atoms with Crippen molar-refractivity contribution < 1.29 is 8.42 Å². The molecule has 0 aliphatic carbocycles. The molecule has 2 aromatic carbocycles. The summed E-state index contributed by atoms with van der Waals surface area (Å²) in [5.74, 6) is 0. The molecule has 2 aromatic rings. The second-order valence-corrected chi connectivity index (χ2v) is 8.40. The zero-order chi connectivity index (χ0) is 18.0. The molecule has 1 aliphatic heterocycles. The molecule has 0 amide bonds. The Morgan fingerprint density at radius 3 is 2.44 bits per heavy atom. The molecule has 3 rings (SSSR count). The second-order valence-electron chi connectivity index (χ2n) is 6.87. The molecule has 0 saturated heterocycles. The van der Waals surface area contributed by atoms with Crippen LogP contribution >= 0.6 is 0 Å². The Kier molecular flexibility index (Phi) is 5.27. The van der Waals surface area contributed by atoms with E-state index >= 15 is 0 Å². The molecular weight excluding hydrogens is 332 g/mol. The molecule has 134 valence electrons. The quantitative estimate of drug-likeness (QED) is 0.913. The second kappa shape index (κ2) is 7.28. The lowest BCUT2D eigenvalue weighted by atomic mass is 9.96.